The van der Waals surface area contributed by atoms with Gasteiger partial charge in [0.15, 0.2) is 5.65 Å². The maximum atomic E-state index is 12.7. The molecule has 4 aromatic rings. The van der Waals surface area contributed by atoms with Gasteiger partial charge >= 0.3 is 6.36 Å². The fraction of sp³-hybridized carbons (Fsp3) is 0.100. The molecule has 1 amide bonds. The van der Waals surface area contributed by atoms with E-state index in [-0.39, 0.29) is 17.6 Å². The van der Waals surface area contributed by atoms with Crippen LogP contribution in [-0.2, 0) is 11.3 Å². The summed E-state index contributed by atoms with van der Waals surface area (Å²) >= 11 is 6.00. The summed E-state index contributed by atoms with van der Waals surface area (Å²) in [4.78, 5) is 29.3. The Balaban J connectivity index is 1.50. The number of carbonyl (C=O) groups is 1. The Kier molecular flexibility index (Phi) is 5.57. The highest BCUT2D eigenvalue weighted by Gasteiger charge is 2.31. The SMILES string of the molecule is O=C(Cn1cnc2c(cnn2-c2cccc(Cl)c2)c1=O)Nc1ccc(OC(F)(F)F)cc1. The van der Waals surface area contributed by atoms with Crippen LogP contribution in [0.2, 0.25) is 5.02 Å². The molecule has 2 heterocycles. The summed E-state index contributed by atoms with van der Waals surface area (Å²) in [5.41, 5.74) is 0.676. The van der Waals surface area contributed by atoms with Crippen LogP contribution in [0.15, 0.2) is 65.8 Å². The van der Waals surface area contributed by atoms with E-state index in [1.807, 2.05) is 0 Å². The van der Waals surface area contributed by atoms with E-state index in [9.17, 15) is 22.8 Å². The number of halogens is 4. The van der Waals surface area contributed by atoms with Crippen molar-refractivity contribution in [1.29, 1.82) is 0 Å². The molecule has 1 N–H and O–H groups in total. The van der Waals surface area contributed by atoms with Crippen LogP contribution in [-0.4, -0.2) is 31.6 Å². The second-order valence-electron chi connectivity index (χ2n) is 6.57. The Hall–Kier alpha value is -3.86. The smallest absolute Gasteiger partial charge is 0.406 e. The molecule has 0 spiro atoms. The van der Waals surface area contributed by atoms with E-state index >= 15 is 0 Å². The van der Waals surface area contributed by atoms with Crippen LogP contribution in [0.25, 0.3) is 16.7 Å². The summed E-state index contributed by atoms with van der Waals surface area (Å²) in [5, 5.41) is 7.37. The van der Waals surface area contributed by atoms with Crippen molar-refractivity contribution in [3.8, 4) is 11.4 Å². The van der Waals surface area contributed by atoms with Gasteiger partial charge < -0.3 is 10.1 Å². The topological polar surface area (TPSA) is 91.0 Å². The van der Waals surface area contributed by atoms with Crippen LogP contribution in [0.1, 0.15) is 0 Å². The van der Waals surface area contributed by atoms with E-state index in [1.54, 1.807) is 24.3 Å². The normalized spacial score (nSPS) is 11.5. The first-order valence-electron chi connectivity index (χ1n) is 9.04. The number of ether oxygens (including phenoxy) is 1. The molecular weight excluding hydrogens is 451 g/mol. The van der Waals surface area contributed by atoms with Gasteiger partial charge in [0.2, 0.25) is 5.91 Å². The number of benzene rings is 2. The lowest BCUT2D eigenvalue weighted by atomic mass is 10.3. The second-order valence-corrected chi connectivity index (χ2v) is 7.01. The van der Waals surface area contributed by atoms with Gasteiger partial charge in [-0.15, -0.1) is 13.2 Å². The third kappa shape index (κ3) is 4.72. The average Bonchev–Trinajstić information content (AvgIpc) is 3.15. The quantitative estimate of drug-likeness (QED) is 0.486. The maximum Gasteiger partial charge on any atom is 0.573 e. The largest absolute Gasteiger partial charge is 0.573 e. The van der Waals surface area contributed by atoms with E-state index in [0.29, 0.717) is 16.4 Å². The van der Waals surface area contributed by atoms with Crippen molar-refractivity contribution in [3.05, 3.63) is 76.4 Å². The first-order chi connectivity index (χ1) is 15.2. The zero-order valence-corrected chi connectivity index (χ0v) is 16.8. The van der Waals surface area contributed by atoms with Crippen molar-refractivity contribution < 1.29 is 22.7 Å². The number of carbonyl (C=O) groups excluding carboxylic acids is 1. The molecule has 0 aliphatic heterocycles. The first kappa shape index (κ1) is 21.4. The molecule has 0 aliphatic rings. The highest BCUT2D eigenvalue weighted by atomic mass is 35.5. The van der Waals surface area contributed by atoms with Gasteiger partial charge in [-0.1, -0.05) is 17.7 Å². The molecule has 0 bridgehead atoms. The molecule has 0 saturated carbocycles. The van der Waals surface area contributed by atoms with Gasteiger partial charge in [-0.2, -0.15) is 5.10 Å². The number of nitrogens with one attached hydrogen (secondary N) is 1. The minimum Gasteiger partial charge on any atom is -0.406 e. The number of hydrogen-bond acceptors (Lipinski definition) is 5. The summed E-state index contributed by atoms with van der Waals surface area (Å²) in [6, 6.07) is 11.5. The van der Waals surface area contributed by atoms with Gasteiger partial charge in [-0.3, -0.25) is 14.2 Å². The predicted molar refractivity (Wildman–Crippen MR) is 110 cm³/mol. The van der Waals surface area contributed by atoms with Crippen LogP contribution in [0, 0.1) is 0 Å². The lowest BCUT2D eigenvalue weighted by molar-refractivity contribution is -0.274. The number of rotatable bonds is 5. The van der Waals surface area contributed by atoms with Crippen molar-refractivity contribution in [2.24, 2.45) is 0 Å². The minimum atomic E-state index is -4.81. The Bertz CT molecular complexity index is 1350. The third-order valence-electron chi connectivity index (χ3n) is 4.29. The van der Waals surface area contributed by atoms with E-state index in [2.05, 4.69) is 20.1 Å². The number of amides is 1. The average molecular weight is 464 g/mol. The molecule has 0 unspecified atom stereocenters. The van der Waals surface area contributed by atoms with Gasteiger partial charge in [-0.05, 0) is 42.5 Å². The van der Waals surface area contributed by atoms with E-state index in [0.717, 1.165) is 16.7 Å². The Morgan fingerprint density at radius 3 is 2.59 bits per heavy atom. The molecule has 0 fully saturated rings. The lowest BCUT2D eigenvalue weighted by Gasteiger charge is -2.10. The summed E-state index contributed by atoms with van der Waals surface area (Å²) in [5.74, 6) is -0.988. The molecule has 2 aromatic heterocycles. The summed E-state index contributed by atoms with van der Waals surface area (Å²) in [6.07, 6.45) is -2.25. The fourth-order valence-electron chi connectivity index (χ4n) is 2.95. The molecule has 32 heavy (non-hydrogen) atoms. The highest BCUT2D eigenvalue weighted by molar-refractivity contribution is 6.30. The fourth-order valence-corrected chi connectivity index (χ4v) is 3.14. The van der Waals surface area contributed by atoms with Crippen molar-refractivity contribution in [2.75, 3.05) is 5.32 Å². The van der Waals surface area contributed by atoms with Crippen molar-refractivity contribution in [2.45, 2.75) is 12.9 Å². The Morgan fingerprint density at radius 2 is 1.91 bits per heavy atom. The summed E-state index contributed by atoms with van der Waals surface area (Å²) < 4.78 is 43.0. The standard InChI is InChI=1S/C20H13ClF3N5O3/c21-12-2-1-3-14(8-12)29-18-16(9-26-29)19(31)28(11-25-18)10-17(30)27-13-4-6-15(7-5-13)32-20(22,23)24/h1-9,11H,10H2,(H,27,30). The van der Waals surface area contributed by atoms with Crippen molar-refractivity contribution in [3.63, 3.8) is 0 Å². The number of anilines is 1. The third-order valence-corrected chi connectivity index (χ3v) is 4.53. The predicted octanol–water partition coefficient (Wildman–Crippen LogP) is 3.77. The number of hydrogen-bond donors (Lipinski definition) is 1. The van der Waals surface area contributed by atoms with Gasteiger partial charge in [0.25, 0.3) is 5.56 Å². The Labute approximate surface area is 182 Å². The van der Waals surface area contributed by atoms with Crippen LogP contribution in [0.3, 0.4) is 0 Å². The minimum absolute atomic E-state index is 0.203. The molecule has 0 aliphatic carbocycles. The number of fused-ring (bicyclic) bond motifs is 1. The molecular formula is C20H13ClF3N5O3. The zero-order chi connectivity index (χ0) is 22.9. The molecule has 4 rings (SSSR count). The highest BCUT2D eigenvalue weighted by Crippen LogP contribution is 2.24. The molecule has 0 radical (unpaired) electrons. The van der Waals surface area contributed by atoms with Crippen molar-refractivity contribution in [1.82, 2.24) is 19.3 Å². The van der Waals surface area contributed by atoms with Crippen LogP contribution in [0.4, 0.5) is 18.9 Å². The number of aromatic nitrogens is 4. The maximum absolute atomic E-state index is 12.7. The van der Waals surface area contributed by atoms with Crippen LogP contribution in [0.5, 0.6) is 5.75 Å². The van der Waals surface area contributed by atoms with E-state index in [1.165, 1.54) is 29.3 Å². The molecule has 8 nitrogen and oxygen atoms in total. The van der Waals surface area contributed by atoms with Gasteiger partial charge in [0.05, 0.1) is 11.9 Å². The summed E-state index contributed by atoms with van der Waals surface area (Å²) in [7, 11) is 0. The van der Waals surface area contributed by atoms with E-state index in [4.69, 9.17) is 11.6 Å². The van der Waals surface area contributed by atoms with Crippen molar-refractivity contribution >= 4 is 34.2 Å². The zero-order valence-electron chi connectivity index (χ0n) is 16.0. The molecule has 2 aromatic carbocycles. The Morgan fingerprint density at radius 1 is 1.16 bits per heavy atom. The second kappa shape index (κ2) is 8.35. The lowest BCUT2D eigenvalue weighted by Crippen LogP contribution is -2.27. The molecule has 12 heteroatoms. The van der Waals surface area contributed by atoms with Crippen LogP contribution < -0.4 is 15.6 Å². The summed E-state index contributed by atoms with van der Waals surface area (Å²) in [6.45, 7) is -0.356. The van der Waals surface area contributed by atoms with Crippen LogP contribution >= 0.6 is 11.6 Å². The van der Waals surface area contributed by atoms with Gasteiger partial charge in [0.1, 0.15) is 24.0 Å². The van der Waals surface area contributed by atoms with Gasteiger partial charge in [-0.25, -0.2) is 9.67 Å². The first-order valence-corrected chi connectivity index (χ1v) is 9.42. The molecule has 164 valence electrons. The number of nitrogens with zero attached hydrogens (tertiary/aromatic N) is 4. The van der Waals surface area contributed by atoms with Gasteiger partial charge in [0, 0.05) is 10.7 Å². The molecule has 0 saturated heterocycles. The molecule has 0 atom stereocenters. The number of alkyl halides is 3. The monoisotopic (exact) mass is 463 g/mol. The van der Waals surface area contributed by atoms with E-state index < -0.39 is 23.6 Å².